The zero-order chi connectivity index (χ0) is 5.98. The third kappa shape index (κ3) is 1.20. The molecule has 1 aliphatic heterocycles. The number of hydrogen-bond donors (Lipinski definition) is 0. The largest absolute Gasteiger partial charge is 0.295 e. The van der Waals surface area contributed by atoms with Gasteiger partial charge in [-0.2, -0.15) is 9.78 Å². The van der Waals surface area contributed by atoms with E-state index in [1.807, 2.05) is 0 Å². The molecule has 2 heteroatoms. The van der Waals surface area contributed by atoms with Crippen LogP contribution in [0.5, 0.6) is 0 Å². The van der Waals surface area contributed by atoms with Crippen LogP contribution in [0.25, 0.3) is 0 Å². The first-order chi connectivity index (χ1) is 3.88. The maximum absolute atomic E-state index is 4.57. The van der Waals surface area contributed by atoms with Crippen molar-refractivity contribution in [2.45, 2.75) is 26.7 Å². The molecule has 0 unspecified atom stereocenters. The lowest BCUT2D eigenvalue weighted by atomic mass is 10.0. The van der Waals surface area contributed by atoms with E-state index < -0.39 is 0 Å². The van der Waals surface area contributed by atoms with E-state index in [0.29, 0.717) is 5.92 Å². The smallest absolute Gasteiger partial charge is 0.188 e. The molecule has 0 aromatic carbocycles. The number of rotatable bonds is 3. The Hall–Kier alpha value is -0.0800. The van der Waals surface area contributed by atoms with Gasteiger partial charge in [-0.25, -0.2) is 0 Å². The molecule has 0 N–H and O–H groups in total. The molecule has 0 amide bonds. The zero-order valence-electron chi connectivity index (χ0n) is 5.31. The van der Waals surface area contributed by atoms with E-state index in [0.717, 1.165) is 19.1 Å². The quantitative estimate of drug-likeness (QED) is 0.414. The molecule has 47 valence electrons. The molecule has 1 fully saturated rings. The molecule has 0 aromatic rings. The second-order valence-electron chi connectivity index (χ2n) is 2.00. The second kappa shape index (κ2) is 2.46. The highest BCUT2D eigenvalue weighted by Gasteiger charge is 2.35. The summed E-state index contributed by atoms with van der Waals surface area (Å²) in [7, 11) is 0. The van der Waals surface area contributed by atoms with Crippen LogP contribution in [-0.2, 0) is 9.78 Å². The first-order valence-electron chi connectivity index (χ1n) is 3.09. The van der Waals surface area contributed by atoms with Gasteiger partial charge in [-0.15, -0.1) is 0 Å². The monoisotopic (exact) mass is 115 g/mol. The molecule has 0 atom stereocenters. The van der Waals surface area contributed by atoms with Crippen molar-refractivity contribution in [3.8, 4) is 0 Å². The van der Waals surface area contributed by atoms with E-state index >= 15 is 0 Å². The van der Waals surface area contributed by atoms with Crippen LogP contribution in [0.1, 0.15) is 26.7 Å². The highest BCUT2D eigenvalue weighted by molar-refractivity contribution is 4.78. The molecule has 0 saturated carbocycles. The van der Waals surface area contributed by atoms with E-state index in [9.17, 15) is 0 Å². The predicted molar refractivity (Wildman–Crippen MR) is 29.5 cm³/mol. The zero-order valence-corrected chi connectivity index (χ0v) is 5.31. The Morgan fingerprint density at radius 1 is 1.25 bits per heavy atom. The summed E-state index contributed by atoms with van der Waals surface area (Å²) in [5, 5.41) is 0. The molecule has 1 aliphatic rings. The fourth-order valence-electron chi connectivity index (χ4n) is 0.782. The maximum Gasteiger partial charge on any atom is 0.295 e. The third-order valence-electron chi connectivity index (χ3n) is 1.50. The first kappa shape index (κ1) is 6.05. The van der Waals surface area contributed by atoms with Crippen molar-refractivity contribution < 1.29 is 9.78 Å². The number of hydrogen-bond acceptors (Lipinski definition) is 2. The first-order valence-corrected chi connectivity index (χ1v) is 3.09. The minimum absolute atomic E-state index is 0.537. The van der Waals surface area contributed by atoms with Gasteiger partial charge in [0.15, 0.2) is 0 Å². The Kier molecular flexibility index (Phi) is 1.86. The van der Waals surface area contributed by atoms with Crippen molar-refractivity contribution in [2.75, 3.05) is 0 Å². The lowest BCUT2D eigenvalue weighted by molar-refractivity contribution is 0.0850. The molecule has 2 nitrogen and oxygen atoms in total. The average Bonchev–Trinajstić information content (AvgIpc) is 2.53. The van der Waals surface area contributed by atoms with Gasteiger partial charge in [0.25, 0.3) is 6.29 Å². The molecular formula is C6H11O2. The fraction of sp³-hybridized carbons (Fsp3) is 0.833. The fourth-order valence-corrected chi connectivity index (χ4v) is 0.782. The van der Waals surface area contributed by atoms with Gasteiger partial charge in [-0.3, -0.25) is 0 Å². The van der Waals surface area contributed by atoms with E-state index in [4.69, 9.17) is 0 Å². The van der Waals surface area contributed by atoms with Gasteiger partial charge < -0.3 is 0 Å². The van der Waals surface area contributed by atoms with Crippen LogP contribution in [0.3, 0.4) is 0 Å². The third-order valence-corrected chi connectivity index (χ3v) is 1.50. The summed E-state index contributed by atoms with van der Waals surface area (Å²) in [6, 6.07) is 0. The molecule has 1 saturated heterocycles. The van der Waals surface area contributed by atoms with Gasteiger partial charge >= 0.3 is 0 Å². The van der Waals surface area contributed by atoms with Crippen LogP contribution in [-0.4, -0.2) is 0 Å². The van der Waals surface area contributed by atoms with Crippen LogP contribution in [0.2, 0.25) is 0 Å². The minimum Gasteiger partial charge on any atom is -0.188 e. The van der Waals surface area contributed by atoms with Crippen LogP contribution in [0.4, 0.5) is 0 Å². The highest BCUT2D eigenvalue weighted by Crippen LogP contribution is 2.34. The van der Waals surface area contributed by atoms with Crippen LogP contribution in [0.15, 0.2) is 0 Å². The van der Waals surface area contributed by atoms with Gasteiger partial charge in [0.2, 0.25) is 0 Å². The Morgan fingerprint density at radius 3 is 1.88 bits per heavy atom. The summed E-state index contributed by atoms with van der Waals surface area (Å²) in [5.41, 5.74) is 0. The lowest BCUT2D eigenvalue weighted by Gasteiger charge is -2.00. The minimum atomic E-state index is 0.537. The maximum atomic E-state index is 4.57. The van der Waals surface area contributed by atoms with Gasteiger partial charge in [-0.1, -0.05) is 13.8 Å². The molecule has 0 bridgehead atoms. The summed E-state index contributed by atoms with van der Waals surface area (Å²) in [6.45, 7) is 4.26. The Labute approximate surface area is 49.7 Å². The summed E-state index contributed by atoms with van der Waals surface area (Å²) >= 11 is 0. The standard InChI is InChI=1S/C6H11O2/c1-3-5(4-2)6-7-8-6/h5H,3-4H2,1-2H3. The molecule has 0 aromatic heterocycles. The van der Waals surface area contributed by atoms with Crippen LogP contribution >= 0.6 is 0 Å². The molecular weight excluding hydrogens is 104 g/mol. The molecule has 0 aliphatic carbocycles. The van der Waals surface area contributed by atoms with Gasteiger partial charge in [0.1, 0.15) is 0 Å². The lowest BCUT2D eigenvalue weighted by Crippen LogP contribution is -1.96. The Morgan fingerprint density at radius 2 is 1.75 bits per heavy atom. The van der Waals surface area contributed by atoms with Crippen molar-refractivity contribution in [2.24, 2.45) is 5.92 Å². The average molecular weight is 115 g/mol. The second-order valence-corrected chi connectivity index (χ2v) is 2.00. The topological polar surface area (TPSA) is 25.1 Å². The van der Waals surface area contributed by atoms with Gasteiger partial charge in [0, 0.05) is 5.92 Å². The van der Waals surface area contributed by atoms with Gasteiger partial charge in [-0.05, 0) is 12.8 Å². The summed E-state index contributed by atoms with van der Waals surface area (Å²) in [5.74, 6) is 0.537. The molecule has 1 radical (unpaired) electrons. The molecule has 0 spiro atoms. The van der Waals surface area contributed by atoms with Crippen molar-refractivity contribution in [1.29, 1.82) is 0 Å². The van der Waals surface area contributed by atoms with Crippen molar-refractivity contribution in [3.63, 3.8) is 0 Å². The summed E-state index contributed by atoms with van der Waals surface area (Å²) < 4.78 is 0. The van der Waals surface area contributed by atoms with Crippen molar-refractivity contribution >= 4 is 0 Å². The summed E-state index contributed by atoms with van der Waals surface area (Å²) in [6.07, 6.45) is 3.06. The summed E-state index contributed by atoms with van der Waals surface area (Å²) in [4.78, 5) is 9.14. The van der Waals surface area contributed by atoms with E-state index in [1.54, 1.807) is 0 Å². The van der Waals surface area contributed by atoms with E-state index in [1.165, 1.54) is 0 Å². The van der Waals surface area contributed by atoms with E-state index in [-0.39, 0.29) is 0 Å². The van der Waals surface area contributed by atoms with Gasteiger partial charge in [0.05, 0.1) is 0 Å². The molecule has 1 rings (SSSR count). The Balaban J connectivity index is 2.15. The SMILES string of the molecule is CCC(CC)[C]1OO1. The van der Waals surface area contributed by atoms with Crippen LogP contribution < -0.4 is 0 Å². The van der Waals surface area contributed by atoms with Crippen LogP contribution in [0, 0.1) is 12.2 Å². The molecule has 1 heterocycles. The Bertz CT molecular complexity index is 64.9. The van der Waals surface area contributed by atoms with Crippen molar-refractivity contribution in [1.82, 2.24) is 0 Å². The normalized spacial score (nSPS) is 19.9. The highest BCUT2D eigenvalue weighted by atomic mass is 17.4. The predicted octanol–water partition coefficient (Wildman–Crippen LogP) is 1.87. The van der Waals surface area contributed by atoms with Crippen molar-refractivity contribution in [3.05, 3.63) is 6.29 Å². The molecule has 8 heavy (non-hydrogen) atoms. The van der Waals surface area contributed by atoms with E-state index in [2.05, 4.69) is 23.6 Å².